The predicted molar refractivity (Wildman–Crippen MR) is 136 cm³/mol. The fraction of sp³-hybridized carbons (Fsp3) is 0.143. The lowest BCUT2D eigenvalue weighted by molar-refractivity contribution is 0.633. The highest BCUT2D eigenvalue weighted by Crippen LogP contribution is 2.05. The Morgan fingerprint density at radius 3 is 0.742 bits per heavy atom. The Bertz CT molecular complexity index is 932. The Labute approximate surface area is 189 Å². The molecule has 0 heterocycles. The van der Waals surface area contributed by atoms with Gasteiger partial charge in [-0.25, -0.2) is 0 Å². The van der Waals surface area contributed by atoms with E-state index in [0.717, 1.165) is 0 Å². The van der Waals surface area contributed by atoms with Crippen molar-refractivity contribution in [2.75, 3.05) is 0 Å². The molecular formula is C28H28OSi2. The van der Waals surface area contributed by atoms with Gasteiger partial charge in [-0.2, -0.15) is 0 Å². The first-order valence-electron chi connectivity index (χ1n) is 10.7. The molecule has 0 aliphatic heterocycles. The molecule has 0 aromatic heterocycles. The van der Waals surface area contributed by atoms with Crippen molar-refractivity contribution < 1.29 is 4.12 Å². The molecule has 2 radical (unpaired) electrons. The van der Waals surface area contributed by atoms with Crippen LogP contribution >= 0.6 is 0 Å². The third-order valence-corrected chi connectivity index (χ3v) is 10.5. The topological polar surface area (TPSA) is 9.23 Å². The molecule has 0 saturated heterocycles. The Morgan fingerprint density at radius 2 is 0.548 bits per heavy atom. The molecule has 4 rings (SSSR count). The van der Waals surface area contributed by atoms with Crippen LogP contribution in [0.2, 0.25) is 0 Å². The predicted octanol–water partition coefficient (Wildman–Crippen LogP) is 3.85. The second-order valence-corrected chi connectivity index (χ2v) is 12.7. The number of hydrogen-bond acceptors (Lipinski definition) is 1. The van der Waals surface area contributed by atoms with Crippen LogP contribution in [-0.2, 0) is 4.12 Å². The number of rotatable bonds is 6. The average molecular weight is 437 g/mol. The van der Waals surface area contributed by atoms with Crippen LogP contribution in [0.5, 0.6) is 0 Å². The van der Waals surface area contributed by atoms with E-state index in [-0.39, 0.29) is 0 Å². The highest BCUT2D eigenvalue weighted by atomic mass is 28.4. The summed E-state index contributed by atoms with van der Waals surface area (Å²) in [7, 11) is -2.80. The van der Waals surface area contributed by atoms with Gasteiger partial charge in [-0.1, -0.05) is 119 Å². The number of hydrogen-bond donors (Lipinski definition) is 0. The van der Waals surface area contributed by atoms with Gasteiger partial charge in [0.2, 0.25) is 0 Å². The van der Waals surface area contributed by atoms with Gasteiger partial charge in [-0.3, -0.25) is 0 Å². The third-order valence-electron chi connectivity index (χ3n) is 5.46. The normalized spacial score (nSPS) is 11.3. The minimum absolute atomic E-state index is 1.27. The van der Waals surface area contributed by atoms with Crippen LogP contribution in [0.3, 0.4) is 0 Å². The molecule has 0 aliphatic carbocycles. The maximum atomic E-state index is 7.16. The fourth-order valence-electron chi connectivity index (χ4n) is 3.49. The molecule has 0 spiro atoms. The number of benzene rings is 4. The molecule has 0 N–H and O–H groups in total. The highest BCUT2D eigenvalue weighted by Gasteiger charge is 2.28. The Morgan fingerprint density at radius 1 is 0.355 bits per heavy atom. The van der Waals surface area contributed by atoms with Gasteiger partial charge in [0.1, 0.15) is 0 Å². The lowest BCUT2D eigenvalue weighted by Crippen LogP contribution is -2.56. The molecule has 0 fully saturated rings. The van der Waals surface area contributed by atoms with Crippen molar-refractivity contribution in [2.24, 2.45) is 0 Å². The maximum absolute atomic E-state index is 7.16. The van der Waals surface area contributed by atoms with E-state index in [4.69, 9.17) is 4.12 Å². The summed E-state index contributed by atoms with van der Waals surface area (Å²) >= 11 is 0. The van der Waals surface area contributed by atoms with E-state index in [9.17, 15) is 0 Å². The smallest absolute Gasteiger partial charge is 0.272 e. The van der Waals surface area contributed by atoms with Crippen molar-refractivity contribution in [1.82, 2.24) is 0 Å². The van der Waals surface area contributed by atoms with Crippen molar-refractivity contribution in [2.45, 2.75) is 27.7 Å². The van der Waals surface area contributed by atoms with E-state index in [0.29, 0.717) is 0 Å². The zero-order valence-corrected chi connectivity index (χ0v) is 20.6. The Hall–Kier alpha value is -2.73. The SMILES string of the molecule is Cc1ccc([Si](O[Si](c2ccc(C)cc2)c2ccc(C)cc2)c2ccc(C)cc2)cc1. The largest absolute Gasteiger partial charge is 0.442 e. The molecule has 0 unspecified atom stereocenters. The van der Waals surface area contributed by atoms with Gasteiger partial charge in [0, 0.05) is 0 Å². The molecule has 4 aromatic rings. The fourth-order valence-corrected chi connectivity index (χ4v) is 8.74. The lowest BCUT2D eigenvalue weighted by atomic mass is 10.2. The standard InChI is InChI=1S/C28H28OSi2/c1-21-5-13-25(14-6-21)30(26-15-7-22(2)8-16-26)29-31(27-17-9-23(3)10-18-27)28-19-11-24(4)12-20-28/h5-20H,1-4H3. The van der Waals surface area contributed by atoms with Gasteiger partial charge < -0.3 is 4.12 Å². The molecular weight excluding hydrogens is 408 g/mol. The van der Waals surface area contributed by atoms with Crippen molar-refractivity contribution in [3.63, 3.8) is 0 Å². The minimum Gasteiger partial charge on any atom is -0.442 e. The second kappa shape index (κ2) is 9.60. The Kier molecular flexibility index (Phi) is 6.66. The van der Waals surface area contributed by atoms with E-state index in [1.165, 1.54) is 43.0 Å². The second-order valence-electron chi connectivity index (χ2n) is 8.22. The molecule has 0 atom stereocenters. The van der Waals surface area contributed by atoms with Crippen molar-refractivity contribution >= 4 is 38.8 Å². The van der Waals surface area contributed by atoms with E-state index in [1.807, 2.05) is 0 Å². The van der Waals surface area contributed by atoms with E-state index < -0.39 is 18.1 Å². The molecule has 0 amide bonds. The lowest BCUT2D eigenvalue weighted by Gasteiger charge is -2.24. The highest BCUT2D eigenvalue weighted by molar-refractivity contribution is 6.91. The van der Waals surface area contributed by atoms with E-state index in [1.54, 1.807) is 0 Å². The van der Waals surface area contributed by atoms with Crippen molar-refractivity contribution in [3.05, 3.63) is 119 Å². The van der Waals surface area contributed by atoms with Crippen LogP contribution in [0.4, 0.5) is 0 Å². The Balaban J connectivity index is 1.79. The average Bonchev–Trinajstić information content (AvgIpc) is 2.78. The van der Waals surface area contributed by atoms with Crippen molar-refractivity contribution in [1.29, 1.82) is 0 Å². The van der Waals surface area contributed by atoms with Crippen LogP contribution in [0, 0.1) is 27.7 Å². The number of aryl methyl sites for hydroxylation is 4. The first-order chi connectivity index (χ1) is 15.0. The maximum Gasteiger partial charge on any atom is 0.272 e. The summed E-state index contributed by atoms with van der Waals surface area (Å²) in [5.41, 5.74) is 5.10. The molecule has 4 aromatic carbocycles. The summed E-state index contributed by atoms with van der Waals surface area (Å²) < 4.78 is 7.16. The summed E-state index contributed by atoms with van der Waals surface area (Å²) in [6, 6.07) is 35.5. The summed E-state index contributed by atoms with van der Waals surface area (Å²) in [6.45, 7) is 8.54. The summed E-state index contributed by atoms with van der Waals surface area (Å²) in [4.78, 5) is 0. The van der Waals surface area contributed by atoms with Gasteiger partial charge in [-0.05, 0) is 48.4 Å². The van der Waals surface area contributed by atoms with Crippen LogP contribution in [0.1, 0.15) is 22.3 Å². The molecule has 1 nitrogen and oxygen atoms in total. The molecule has 31 heavy (non-hydrogen) atoms. The van der Waals surface area contributed by atoms with Crippen molar-refractivity contribution in [3.8, 4) is 0 Å². The molecule has 0 bridgehead atoms. The zero-order chi connectivity index (χ0) is 21.8. The van der Waals surface area contributed by atoms with Gasteiger partial charge in [0.05, 0.1) is 0 Å². The van der Waals surface area contributed by atoms with Gasteiger partial charge in [0.25, 0.3) is 18.1 Å². The van der Waals surface area contributed by atoms with Crippen LogP contribution in [0.25, 0.3) is 0 Å². The first-order valence-corrected chi connectivity index (χ1v) is 13.5. The van der Waals surface area contributed by atoms with Gasteiger partial charge in [-0.15, -0.1) is 0 Å². The zero-order valence-electron chi connectivity index (χ0n) is 18.6. The summed E-state index contributed by atoms with van der Waals surface area (Å²) in [5.74, 6) is 0. The van der Waals surface area contributed by atoms with Crippen LogP contribution < -0.4 is 20.7 Å². The van der Waals surface area contributed by atoms with E-state index >= 15 is 0 Å². The molecule has 3 heteroatoms. The molecule has 154 valence electrons. The van der Waals surface area contributed by atoms with Crippen LogP contribution in [-0.4, -0.2) is 18.1 Å². The van der Waals surface area contributed by atoms with Crippen LogP contribution in [0.15, 0.2) is 97.1 Å². The van der Waals surface area contributed by atoms with Gasteiger partial charge >= 0.3 is 0 Å². The van der Waals surface area contributed by atoms with Gasteiger partial charge in [0.15, 0.2) is 0 Å². The third kappa shape index (κ3) is 5.31. The monoisotopic (exact) mass is 436 g/mol. The molecule has 0 saturated carbocycles. The summed E-state index contributed by atoms with van der Waals surface area (Å²) in [6.07, 6.45) is 0. The van der Waals surface area contributed by atoms with E-state index in [2.05, 4.69) is 125 Å². The first kappa shape index (κ1) is 21.5. The summed E-state index contributed by atoms with van der Waals surface area (Å²) in [5, 5.41) is 5.17. The molecule has 0 aliphatic rings. The quantitative estimate of drug-likeness (QED) is 0.417. The minimum atomic E-state index is -1.40.